The Balaban J connectivity index is 1.58. The van der Waals surface area contributed by atoms with Crippen molar-refractivity contribution in [3.05, 3.63) is 65.7 Å². The Morgan fingerprint density at radius 2 is 1.72 bits per heavy atom. The zero-order chi connectivity index (χ0) is 20.6. The van der Waals surface area contributed by atoms with E-state index in [1.807, 2.05) is 54.6 Å². The van der Waals surface area contributed by atoms with Crippen LogP contribution < -0.4 is 10.1 Å². The van der Waals surface area contributed by atoms with Gasteiger partial charge in [-0.2, -0.15) is 0 Å². The van der Waals surface area contributed by atoms with E-state index < -0.39 is 12.0 Å². The van der Waals surface area contributed by atoms with Crippen molar-refractivity contribution >= 4 is 12.1 Å². The standard InChI is InChI=1S/C22H26N2O5/c1-27-18-10-8-16(9-11-18)12-24-13-19(21(25)28-2)20(14-24)23-22(26)29-15-17-6-4-3-5-7-17/h3-11,19-20H,12-15H2,1-2H3,(H,23,26). The fourth-order valence-corrected chi connectivity index (χ4v) is 3.46. The molecule has 2 aromatic carbocycles. The van der Waals surface area contributed by atoms with Gasteiger partial charge in [-0.1, -0.05) is 42.5 Å². The lowest BCUT2D eigenvalue weighted by Crippen LogP contribution is -2.43. The molecule has 0 aromatic heterocycles. The normalized spacial score (nSPS) is 18.8. The molecule has 154 valence electrons. The Bertz CT molecular complexity index is 810. The van der Waals surface area contributed by atoms with Crippen molar-refractivity contribution in [2.75, 3.05) is 27.3 Å². The lowest BCUT2D eigenvalue weighted by Gasteiger charge is -2.18. The van der Waals surface area contributed by atoms with Gasteiger partial charge in [-0.15, -0.1) is 0 Å². The summed E-state index contributed by atoms with van der Waals surface area (Å²) in [6.45, 7) is 1.88. The number of esters is 1. The maximum absolute atomic E-state index is 12.2. The Labute approximate surface area is 170 Å². The van der Waals surface area contributed by atoms with E-state index in [2.05, 4.69) is 10.2 Å². The van der Waals surface area contributed by atoms with Crippen molar-refractivity contribution < 1.29 is 23.8 Å². The third-order valence-electron chi connectivity index (χ3n) is 4.98. The number of ether oxygens (including phenoxy) is 3. The molecule has 2 atom stereocenters. The van der Waals surface area contributed by atoms with E-state index >= 15 is 0 Å². The lowest BCUT2D eigenvalue weighted by atomic mass is 10.0. The molecule has 2 unspecified atom stereocenters. The van der Waals surface area contributed by atoms with Crippen LogP contribution in [0.3, 0.4) is 0 Å². The summed E-state index contributed by atoms with van der Waals surface area (Å²) in [5.74, 6) is 0.0152. The van der Waals surface area contributed by atoms with Crippen LogP contribution in [0.5, 0.6) is 5.75 Å². The number of alkyl carbamates (subject to hydrolysis) is 1. The number of methoxy groups -OCH3 is 2. The number of nitrogens with one attached hydrogen (secondary N) is 1. The van der Waals surface area contributed by atoms with Crippen LogP contribution in [0.15, 0.2) is 54.6 Å². The minimum absolute atomic E-state index is 0.178. The van der Waals surface area contributed by atoms with Gasteiger partial charge in [0.1, 0.15) is 12.4 Å². The van der Waals surface area contributed by atoms with E-state index in [0.29, 0.717) is 19.6 Å². The predicted molar refractivity (Wildman–Crippen MR) is 107 cm³/mol. The van der Waals surface area contributed by atoms with Gasteiger partial charge in [-0.05, 0) is 23.3 Å². The molecule has 0 aliphatic carbocycles. The van der Waals surface area contributed by atoms with Crippen molar-refractivity contribution in [1.82, 2.24) is 10.2 Å². The van der Waals surface area contributed by atoms with Gasteiger partial charge < -0.3 is 19.5 Å². The van der Waals surface area contributed by atoms with Crippen molar-refractivity contribution in [2.24, 2.45) is 5.92 Å². The maximum atomic E-state index is 12.2. The summed E-state index contributed by atoms with van der Waals surface area (Å²) in [5.41, 5.74) is 2.00. The van der Waals surface area contributed by atoms with Crippen molar-refractivity contribution in [1.29, 1.82) is 0 Å². The van der Waals surface area contributed by atoms with E-state index in [1.165, 1.54) is 7.11 Å². The van der Waals surface area contributed by atoms with Gasteiger partial charge in [0.05, 0.1) is 26.2 Å². The van der Waals surface area contributed by atoms with Crippen LogP contribution in [0.2, 0.25) is 0 Å². The first-order chi connectivity index (χ1) is 14.1. The molecule has 1 aliphatic heterocycles. The highest BCUT2D eigenvalue weighted by molar-refractivity contribution is 5.76. The second-order valence-corrected chi connectivity index (χ2v) is 6.98. The van der Waals surface area contributed by atoms with Crippen LogP contribution in [0.25, 0.3) is 0 Å². The number of likely N-dealkylation sites (tertiary alicyclic amines) is 1. The summed E-state index contributed by atoms with van der Waals surface area (Å²) in [6, 6.07) is 16.9. The number of amides is 1. The summed E-state index contributed by atoms with van der Waals surface area (Å²) in [7, 11) is 2.99. The molecule has 7 nitrogen and oxygen atoms in total. The minimum Gasteiger partial charge on any atom is -0.497 e. The second-order valence-electron chi connectivity index (χ2n) is 6.98. The minimum atomic E-state index is -0.543. The molecule has 7 heteroatoms. The van der Waals surface area contributed by atoms with Crippen molar-refractivity contribution in [2.45, 2.75) is 19.2 Å². The number of nitrogens with zero attached hydrogens (tertiary/aromatic N) is 1. The largest absolute Gasteiger partial charge is 0.497 e. The van der Waals surface area contributed by atoms with Gasteiger partial charge in [0.15, 0.2) is 0 Å². The van der Waals surface area contributed by atoms with Gasteiger partial charge in [0.25, 0.3) is 0 Å². The summed E-state index contributed by atoms with van der Waals surface area (Å²) < 4.78 is 15.4. The van der Waals surface area contributed by atoms with E-state index in [0.717, 1.165) is 16.9 Å². The van der Waals surface area contributed by atoms with Gasteiger partial charge in [-0.3, -0.25) is 9.69 Å². The molecule has 3 rings (SSSR count). The number of rotatable bonds is 7. The molecule has 0 radical (unpaired) electrons. The summed E-state index contributed by atoms with van der Waals surface area (Å²) in [4.78, 5) is 26.6. The van der Waals surface area contributed by atoms with Crippen molar-refractivity contribution in [3.63, 3.8) is 0 Å². The van der Waals surface area contributed by atoms with Crippen LogP contribution in [0, 0.1) is 5.92 Å². The number of hydrogen-bond donors (Lipinski definition) is 1. The number of carbonyl (C=O) groups is 2. The third-order valence-corrected chi connectivity index (χ3v) is 4.98. The van der Waals surface area contributed by atoms with E-state index in [1.54, 1.807) is 7.11 Å². The van der Waals surface area contributed by atoms with E-state index in [9.17, 15) is 9.59 Å². The molecule has 2 aromatic rings. The zero-order valence-electron chi connectivity index (χ0n) is 16.7. The molecule has 1 fully saturated rings. The highest BCUT2D eigenvalue weighted by Gasteiger charge is 2.39. The highest BCUT2D eigenvalue weighted by Crippen LogP contribution is 2.22. The van der Waals surface area contributed by atoms with Crippen LogP contribution >= 0.6 is 0 Å². The van der Waals surface area contributed by atoms with Gasteiger partial charge in [0.2, 0.25) is 0 Å². The quantitative estimate of drug-likeness (QED) is 0.723. The Kier molecular flexibility index (Phi) is 7.08. The van der Waals surface area contributed by atoms with Crippen LogP contribution in [-0.2, 0) is 27.4 Å². The molecule has 0 bridgehead atoms. The Hall–Kier alpha value is -3.06. The van der Waals surface area contributed by atoms with Gasteiger partial charge >= 0.3 is 12.1 Å². The molecule has 1 amide bonds. The molecule has 1 N–H and O–H groups in total. The first-order valence-electron chi connectivity index (χ1n) is 9.49. The van der Waals surface area contributed by atoms with E-state index in [-0.39, 0.29) is 18.6 Å². The first kappa shape index (κ1) is 20.7. The number of hydrogen-bond acceptors (Lipinski definition) is 6. The fourth-order valence-electron chi connectivity index (χ4n) is 3.46. The monoisotopic (exact) mass is 398 g/mol. The molecule has 29 heavy (non-hydrogen) atoms. The summed E-state index contributed by atoms with van der Waals surface area (Å²) in [5, 5.41) is 2.82. The second kappa shape index (κ2) is 9.93. The fraction of sp³-hybridized carbons (Fsp3) is 0.364. The topological polar surface area (TPSA) is 77.1 Å². The molecule has 0 spiro atoms. The van der Waals surface area contributed by atoms with Crippen LogP contribution in [0.1, 0.15) is 11.1 Å². The molecular weight excluding hydrogens is 372 g/mol. The van der Waals surface area contributed by atoms with Gasteiger partial charge in [-0.25, -0.2) is 4.79 Å². The third kappa shape index (κ3) is 5.71. The summed E-state index contributed by atoms with van der Waals surface area (Å²) in [6.07, 6.45) is -0.543. The highest BCUT2D eigenvalue weighted by atomic mass is 16.5. The first-order valence-corrected chi connectivity index (χ1v) is 9.49. The molecule has 1 aliphatic rings. The average molecular weight is 398 g/mol. The van der Waals surface area contributed by atoms with Crippen LogP contribution in [0.4, 0.5) is 4.79 Å². The molecule has 1 saturated heterocycles. The maximum Gasteiger partial charge on any atom is 0.407 e. The Morgan fingerprint density at radius 1 is 1.00 bits per heavy atom. The molecule has 0 saturated carbocycles. The van der Waals surface area contributed by atoms with Crippen molar-refractivity contribution in [3.8, 4) is 5.75 Å². The lowest BCUT2D eigenvalue weighted by molar-refractivity contribution is -0.145. The Morgan fingerprint density at radius 3 is 2.38 bits per heavy atom. The summed E-state index contributed by atoms with van der Waals surface area (Å²) >= 11 is 0. The van der Waals surface area contributed by atoms with E-state index in [4.69, 9.17) is 14.2 Å². The predicted octanol–water partition coefficient (Wildman–Crippen LogP) is 2.60. The molecular formula is C22H26N2O5. The number of benzene rings is 2. The SMILES string of the molecule is COC(=O)C1CN(Cc2ccc(OC)cc2)CC1NC(=O)OCc1ccccc1. The van der Waals surface area contributed by atoms with Gasteiger partial charge in [0, 0.05) is 19.6 Å². The smallest absolute Gasteiger partial charge is 0.407 e. The average Bonchev–Trinajstić information content (AvgIpc) is 3.15. The molecule has 1 heterocycles. The number of carbonyl (C=O) groups excluding carboxylic acids is 2. The van der Waals surface area contributed by atoms with Crippen LogP contribution in [-0.4, -0.2) is 50.3 Å². The zero-order valence-corrected chi connectivity index (χ0v) is 16.7.